The van der Waals surface area contributed by atoms with E-state index in [1.165, 1.54) is 0 Å². The minimum absolute atomic E-state index is 0.0970. The molecule has 2 amide bonds. The molecule has 2 aromatic rings. The SMILES string of the molecule is CCC(C)NC(=O)CN1CCN(Cc2cccc(C(=O)Nc3ccccc3)c2)CC1. The Morgan fingerprint density at radius 2 is 1.67 bits per heavy atom. The number of nitrogens with zero attached hydrogens (tertiary/aromatic N) is 2. The van der Waals surface area contributed by atoms with Crippen molar-refractivity contribution >= 4 is 17.5 Å². The van der Waals surface area contributed by atoms with Crippen LogP contribution in [-0.4, -0.2) is 60.4 Å². The lowest BCUT2D eigenvalue weighted by Gasteiger charge is -2.34. The lowest BCUT2D eigenvalue weighted by molar-refractivity contribution is -0.123. The van der Waals surface area contributed by atoms with Crippen molar-refractivity contribution in [2.24, 2.45) is 0 Å². The Bertz CT molecular complexity index is 832. The van der Waals surface area contributed by atoms with Crippen molar-refractivity contribution in [3.8, 4) is 0 Å². The molecular formula is C24H32N4O2. The van der Waals surface area contributed by atoms with Gasteiger partial charge in [-0.05, 0) is 43.2 Å². The number of carbonyl (C=O) groups excluding carboxylic acids is 2. The van der Waals surface area contributed by atoms with Gasteiger partial charge in [0.15, 0.2) is 0 Å². The van der Waals surface area contributed by atoms with Crippen molar-refractivity contribution in [3.63, 3.8) is 0 Å². The Balaban J connectivity index is 1.48. The summed E-state index contributed by atoms with van der Waals surface area (Å²) in [7, 11) is 0. The number of amides is 2. The number of anilines is 1. The number of piperazine rings is 1. The van der Waals surface area contributed by atoms with Crippen LogP contribution in [0.3, 0.4) is 0 Å². The zero-order valence-corrected chi connectivity index (χ0v) is 17.9. The molecule has 1 heterocycles. The molecule has 0 aromatic heterocycles. The molecule has 0 spiro atoms. The average Bonchev–Trinajstić information content (AvgIpc) is 2.76. The summed E-state index contributed by atoms with van der Waals surface area (Å²) in [6, 6.07) is 17.5. The number of hydrogen-bond donors (Lipinski definition) is 2. The van der Waals surface area contributed by atoms with Gasteiger partial charge in [-0.25, -0.2) is 0 Å². The summed E-state index contributed by atoms with van der Waals surface area (Å²) in [6.45, 7) is 8.96. The van der Waals surface area contributed by atoms with Crippen LogP contribution >= 0.6 is 0 Å². The highest BCUT2D eigenvalue weighted by Crippen LogP contribution is 2.13. The Morgan fingerprint density at radius 3 is 2.37 bits per heavy atom. The predicted octanol–water partition coefficient (Wildman–Crippen LogP) is 2.97. The van der Waals surface area contributed by atoms with Crippen LogP contribution < -0.4 is 10.6 Å². The third-order valence-electron chi connectivity index (χ3n) is 5.48. The van der Waals surface area contributed by atoms with E-state index in [0.29, 0.717) is 12.1 Å². The molecular weight excluding hydrogens is 376 g/mol. The van der Waals surface area contributed by atoms with Crippen molar-refractivity contribution in [1.29, 1.82) is 0 Å². The summed E-state index contributed by atoms with van der Waals surface area (Å²) in [5.41, 5.74) is 2.58. The van der Waals surface area contributed by atoms with Gasteiger partial charge in [-0.1, -0.05) is 37.3 Å². The molecule has 6 heteroatoms. The monoisotopic (exact) mass is 408 g/mol. The molecule has 2 aromatic carbocycles. The van der Waals surface area contributed by atoms with Crippen LogP contribution in [0.15, 0.2) is 54.6 Å². The first-order valence-electron chi connectivity index (χ1n) is 10.7. The second-order valence-electron chi connectivity index (χ2n) is 7.95. The molecule has 3 rings (SSSR count). The standard InChI is InChI=1S/C24H32N4O2/c1-3-19(2)25-23(29)18-28-14-12-27(13-15-28)17-20-8-7-9-21(16-20)24(30)26-22-10-5-4-6-11-22/h4-11,16,19H,3,12-15,17-18H2,1-2H3,(H,25,29)(H,26,30). The predicted molar refractivity (Wildman–Crippen MR) is 120 cm³/mol. The molecule has 1 saturated heterocycles. The summed E-state index contributed by atoms with van der Waals surface area (Å²) in [5.74, 6) is 0.00937. The van der Waals surface area contributed by atoms with Crippen molar-refractivity contribution in [1.82, 2.24) is 15.1 Å². The maximum absolute atomic E-state index is 12.5. The minimum atomic E-state index is -0.0970. The topological polar surface area (TPSA) is 64.7 Å². The minimum Gasteiger partial charge on any atom is -0.353 e. The summed E-state index contributed by atoms with van der Waals surface area (Å²) in [4.78, 5) is 29.2. The van der Waals surface area contributed by atoms with E-state index in [4.69, 9.17) is 0 Å². The van der Waals surface area contributed by atoms with E-state index in [9.17, 15) is 9.59 Å². The fraction of sp³-hybridized carbons (Fsp3) is 0.417. The maximum Gasteiger partial charge on any atom is 0.255 e. The van der Waals surface area contributed by atoms with Crippen molar-refractivity contribution in [2.75, 3.05) is 38.0 Å². The first-order valence-corrected chi connectivity index (χ1v) is 10.7. The molecule has 1 unspecified atom stereocenters. The Hall–Kier alpha value is -2.70. The van der Waals surface area contributed by atoms with Crippen molar-refractivity contribution in [3.05, 3.63) is 65.7 Å². The smallest absolute Gasteiger partial charge is 0.255 e. The average molecular weight is 409 g/mol. The van der Waals surface area contributed by atoms with Crippen LogP contribution in [-0.2, 0) is 11.3 Å². The Labute approximate surface area is 179 Å². The quantitative estimate of drug-likeness (QED) is 0.705. The maximum atomic E-state index is 12.5. The van der Waals surface area contributed by atoms with Crippen LogP contribution in [0.1, 0.15) is 36.2 Å². The van der Waals surface area contributed by atoms with Crippen LogP contribution in [0.2, 0.25) is 0 Å². The molecule has 1 fully saturated rings. The second kappa shape index (κ2) is 10.9. The van der Waals surface area contributed by atoms with Crippen LogP contribution in [0.4, 0.5) is 5.69 Å². The van der Waals surface area contributed by atoms with Crippen LogP contribution in [0, 0.1) is 0 Å². The van der Waals surface area contributed by atoms with Gasteiger partial charge in [0.2, 0.25) is 5.91 Å². The third-order valence-corrected chi connectivity index (χ3v) is 5.48. The van der Waals surface area contributed by atoms with E-state index in [-0.39, 0.29) is 17.9 Å². The van der Waals surface area contributed by atoms with Gasteiger partial charge < -0.3 is 10.6 Å². The van der Waals surface area contributed by atoms with Gasteiger partial charge in [-0.2, -0.15) is 0 Å². The van der Waals surface area contributed by atoms with E-state index in [1.807, 2.05) is 55.5 Å². The molecule has 0 saturated carbocycles. The van der Waals surface area contributed by atoms with Gasteiger partial charge >= 0.3 is 0 Å². The first kappa shape index (κ1) is 22.0. The van der Waals surface area contributed by atoms with E-state index < -0.39 is 0 Å². The highest BCUT2D eigenvalue weighted by atomic mass is 16.2. The largest absolute Gasteiger partial charge is 0.353 e. The van der Waals surface area contributed by atoms with E-state index in [0.717, 1.165) is 50.4 Å². The summed E-state index contributed by atoms with van der Waals surface area (Å²) < 4.78 is 0. The van der Waals surface area contributed by atoms with Crippen LogP contribution in [0.5, 0.6) is 0 Å². The zero-order chi connectivity index (χ0) is 21.3. The molecule has 0 aliphatic carbocycles. The van der Waals surface area contributed by atoms with Gasteiger partial charge in [0.25, 0.3) is 5.91 Å². The zero-order valence-electron chi connectivity index (χ0n) is 17.9. The van der Waals surface area contributed by atoms with Gasteiger partial charge in [0, 0.05) is 50.0 Å². The number of carbonyl (C=O) groups is 2. The van der Waals surface area contributed by atoms with E-state index in [2.05, 4.69) is 33.4 Å². The number of para-hydroxylation sites is 1. The summed E-state index contributed by atoms with van der Waals surface area (Å²) in [6.07, 6.45) is 0.946. The molecule has 1 atom stereocenters. The molecule has 0 radical (unpaired) electrons. The van der Waals surface area contributed by atoms with Gasteiger partial charge in [0.05, 0.1) is 6.54 Å². The third kappa shape index (κ3) is 6.68. The van der Waals surface area contributed by atoms with E-state index in [1.54, 1.807) is 0 Å². The number of nitrogens with one attached hydrogen (secondary N) is 2. The highest BCUT2D eigenvalue weighted by Gasteiger charge is 2.19. The second-order valence-corrected chi connectivity index (χ2v) is 7.95. The molecule has 1 aliphatic rings. The molecule has 1 aliphatic heterocycles. The van der Waals surface area contributed by atoms with Gasteiger partial charge in [-0.15, -0.1) is 0 Å². The molecule has 30 heavy (non-hydrogen) atoms. The molecule has 0 bridgehead atoms. The number of benzene rings is 2. The number of rotatable bonds is 8. The van der Waals surface area contributed by atoms with E-state index >= 15 is 0 Å². The number of hydrogen-bond acceptors (Lipinski definition) is 4. The van der Waals surface area contributed by atoms with Gasteiger partial charge in [-0.3, -0.25) is 19.4 Å². The fourth-order valence-corrected chi connectivity index (χ4v) is 3.53. The van der Waals surface area contributed by atoms with Crippen molar-refractivity contribution < 1.29 is 9.59 Å². The van der Waals surface area contributed by atoms with Gasteiger partial charge in [0.1, 0.15) is 0 Å². The Morgan fingerprint density at radius 1 is 0.967 bits per heavy atom. The lowest BCUT2D eigenvalue weighted by Crippen LogP contribution is -2.49. The lowest BCUT2D eigenvalue weighted by atomic mass is 10.1. The molecule has 160 valence electrons. The normalized spacial score (nSPS) is 16.1. The molecule has 2 N–H and O–H groups in total. The summed E-state index contributed by atoms with van der Waals surface area (Å²) in [5, 5.41) is 5.96. The summed E-state index contributed by atoms with van der Waals surface area (Å²) >= 11 is 0. The fourth-order valence-electron chi connectivity index (χ4n) is 3.53. The first-order chi connectivity index (χ1) is 14.5. The van der Waals surface area contributed by atoms with Crippen molar-refractivity contribution in [2.45, 2.75) is 32.9 Å². The highest BCUT2D eigenvalue weighted by molar-refractivity contribution is 6.04. The Kier molecular flexibility index (Phi) is 7.99. The van der Waals surface area contributed by atoms with Crippen LogP contribution in [0.25, 0.3) is 0 Å². The molecule has 6 nitrogen and oxygen atoms in total.